The molecule has 1 spiro atoms. The highest BCUT2D eigenvalue weighted by Crippen LogP contribution is 2.69. The zero-order valence-electron chi connectivity index (χ0n) is 18.9. The summed E-state index contributed by atoms with van der Waals surface area (Å²) in [6.45, 7) is 10.5. The van der Waals surface area contributed by atoms with E-state index < -0.39 is 0 Å². The van der Waals surface area contributed by atoms with Crippen molar-refractivity contribution >= 4 is 5.78 Å². The van der Waals surface area contributed by atoms with E-state index in [1.807, 2.05) is 6.08 Å². The van der Waals surface area contributed by atoms with Gasteiger partial charge in [-0.05, 0) is 78.4 Å². The maximum atomic E-state index is 12.0. The van der Waals surface area contributed by atoms with Crippen LogP contribution in [-0.2, 0) is 14.3 Å². The number of allylic oxidation sites excluding steroid dienone is 6. The second-order valence-electron chi connectivity index (χ2n) is 11.8. The molecule has 6 rings (SSSR count). The van der Waals surface area contributed by atoms with Crippen LogP contribution in [0.15, 0.2) is 36.0 Å². The van der Waals surface area contributed by atoms with Gasteiger partial charge in [0.15, 0.2) is 11.6 Å². The Labute approximate surface area is 181 Å². The first-order valence-electron chi connectivity index (χ1n) is 12.2. The quantitative estimate of drug-likeness (QED) is 0.533. The number of hydrogen-bond acceptors (Lipinski definition) is 3. The highest BCUT2D eigenvalue weighted by molar-refractivity contribution is 6.01. The number of hydrogen-bond donors (Lipinski definition) is 0. The fourth-order valence-electron chi connectivity index (χ4n) is 8.67. The van der Waals surface area contributed by atoms with Gasteiger partial charge in [-0.15, -0.1) is 0 Å². The average molecular weight is 409 g/mol. The number of carbonyl (C=O) groups is 1. The third-order valence-corrected chi connectivity index (χ3v) is 10.4. The molecule has 0 aromatic rings. The maximum absolute atomic E-state index is 12.0. The molecule has 0 unspecified atom stereocenters. The molecule has 10 atom stereocenters. The summed E-state index contributed by atoms with van der Waals surface area (Å²) in [5.41, 5.74) is 1.53. The fraction of sp³-hybridized carbons (Fsp3) is 0.741. The molecular weight excluding hydrogens is 372 g/mol. The summed E-state index contributed by atoms with van der Waals surface area (Å²) in [4.78, 5) is 12.0. The molecule has 6 aliphatic rings. The molecule has 2 aliphatic heterocycles. The van der Waals surface area contributed by atoms with Crippen molar-refractivity contribution < 1.29 is 14.3 Å². The molecule has 2 heterocycles. The minimum atomic E-state index is -0.330. The van der Waals surface area contributed by atoms with E-state index >= 15 is 0 Å². The van der Waals surface area contributed by atoms with Crippen LogP contribution in [0.2, 0.25) is 0 Å². The summed E-state index contributed by atoms with van der Waals surface area (Å²) in [6.07, 6.45) is 16.8. The molecular formula is C27H36O3. The van der Waals surface area contributed by atoms with Gasteiger partial charge in [-0.3, -0.25) is 4.79 Å². The Morgan fingerprint density at radius 3 is 2.67 bits per heavy atom. The van der Waals surface area contributed by atoms with Gasteiger partial charge in [-0.25, -0.2) is 0 Å². The molecule has 4 fully saturated rings. The predicted octanol–water partition coefficient (Wildman–Crippen LogP) is 5.47. The van der Waals surface area contributed by atoms with Crippen LogP contribution in [0.3, 0.4) is 0 Å². The second-order valence-corrected chi connectivity index (χ2v) is 11.8. The topological polar surface area (TPSA) is 35.5 Å². The minimum Gasteiger partial charge on any atom is -0.349 e. The summed E-state index contributed by atoms with van der Waals surface area (Å²) >= 11 is 0. The lowest BCUT2D eigenvalue weighted by atomic mass is 9.49. The lowest BCUT2D eigenvalue weighted by molar-refractivity contribution is -0.272. The molecule has 2 saturated carbocycles. The summed E-state index contributed by atoms with van der Waals surface area (Å²) in [6, 6.07) is 0. The number of ketones is 1. The van der Waals surface area contributed by atoms with Gasteiger partial charge in [0.1, 0.15) is 0 Å². The molecule has 0 bridgehead atoms. The van der Waals surface area contributed by atoms with Crippen molar-refractivity contribution in [3.8, 4) is 0 Å². The molecule has 3 nitrogen and oxygen atoms in total. The lowest BCUT2D eigenvalue weighted by Crippen LogP contribution is -2.51. The van der Waals surface area contributed by atoms with Crippen LogP contribution in [0.25, 0.3) is 0 Å². The summed E-state index contributed by atoms with van der Waals surface area (Å²) in [5.74, 6) is 3.34. The summed E-state index contributed by atoms with van der Waals surface area (Å²) in [7, 11) is 0. The number of ether oxygens (including phenoxy) is 2. The first-order chi connectivity index (χ1) is 14.3. The Morgan fingerprint density at radius 1 is 1.07 bits per heavy atom. The van der Waals surface area contributed by atoms with Crippen LogP contribution in [0.5, 0.6) is 0 Å². The third-order valence-electron chi connectivity index (χ3n) is 10.4. The van der Waals surface area contributed by atoms with Crippen LogP contribution in [-0.4, -0.2) is 24.3 Å². The second kappa shape index (κ2) is 6.19. The lowest BCUT2D eigenvalue weighted by Gasteiger charge is -2.55. The van der Waals surface area contributed by atoms with Crippen LogP contribution in [0.1, 0.15) is 59.8 Å². The van der Waals surface area contributed by atoms with E-state index in [2.05, 4.69) is 45.9 Å². The minimum absolute atomic E-state index is 0.00265. The first kappa shape index (κ1) is 19.5. The normalized spacial score (nSPS) is 56.3. The Kier molecular flexibility index (Phi) is 4.02. The Hall–Kier alpha value is -1.19. The summed E-state index contributed by atoms with van der Waals surface area (Å²) in [5, 5.41) is 0. The van der Waals surface area contributed by atoms with Crippen LogP contribution in [0.4, 0.5) is 0 Å². The standard InChI is InChI=1S/C27H36O3/c1-16-7-12-27(29-15-16)17(2)24-23(30-27)14-22-20-6-5-18-13-19(28)8-10-25(18,3)21(20)9-11-26(22,24)4/h5-6,8,10,13,16-17,20-24H,7,9,11-12,14-15H2,1-4H3/t16-,17+,20-,21+,22+,23+,24+,25+,26+,27-/m1/s1. The van der Waals surface area contributed by atoms with Gasteiger partial charge in [0.05, 0.1) is 12.7 Å². The molecule has 30 heavy (non-hydrogen) atoms. The van der Waals surface area contributed by atoms with E-state index in [4.69, 9.17) is 9.47 Å². The predicted molar refractivity (Wildman–Crippen MR) is 117 cm³/mol. The molecule has 3 heteroatoms. The molecule has 0 radical (unpaired) electrons. The van der Waals surface area contributed by atoms with E-state index in [0.717, 1.165) is 19.4 Å². The molecule has 0 N–H and O–H groups in total. The van der Waals surface area contributed by atoms with Crippen LogP contribution in [0, 0.1) is 46.3 Å². The monoisotopic (exact) mass is 408 g/mol. The van der Waals surface area contributed by atoms with Gasteiger partial charge in [-0.2, -0.15) is 0 Å². The average Bonchev–Trinajstić information content (AvgIpc) is 3.16. The zero-order valence-corrected chi connectivity index (χ0v) is 18.9. The fourth-order valence-corrected chi connectivity index (χ4v) is 8.67. The third kappa shape index (κ3) is 2.37. The van der Waals surface area contributed by atoms with Gasteiger partial charge in [0, 0.05) is 17.8 Å². The molecule has 2 saturated heterocycles. The van der Waals surface area contributed by atoms with E-state index in [1.165, 1.54) is 24.8 Å². The smallest absolute Gasteiger partial charge is 0.178 e. The van der Waals surface area contributed by atoms with E-state index in [9.17, 15) is 4.79 Å². The summed E-state index contributed by atoms with van der Waals surface area (Å²) < 4.78 is 13.3. The molecule has 0 aromatic carbocycles. The Morgan fingerprint density at radius 2 is 1.90 bits per heavy atom. The van der Waals surface area contributed by atoms with Gasteiger partial charge in [0.2, 0.25) is 0 Å². The van der Waals surface area contributed by atoms with Gasteiger partial charge >= 0.3 is 0 Å². The SMILES string of the molecule is C[C@@H]1CC[C@@]2(OC1)O[C@H]1C[C@H]3[C@@H]4C=CC5=CC(=O)C=C[C@]5(C)[C@H]4CC[C@]3(C)[C@H]1[C@@H]2C. The molecule has 0 amide bonds. The first-order valence-corrected chi connectivity index (χ1v) is 12.2. The molecule has 4 aliphatic carbocycles. The van der Waals surface area contributed by atoms with Crippen molar-refractivity contribution in [2.24, 2.45) is 46.3 Å². The largest absolute Gasteiger partial charge is 0.349 e. The van der Waals surface area contributed by atoms with Crippen molar-refractivity contribution in [3.05, 3.63) is 36.0 Å². The Balaban J connectivity index is 1.32. The molecule has 0 aromatic heterocycles. The van der Waals surface area contributed by atoms with E-state index in [-0.39, 0.29) is 17.0 Å². The van der Waals surface area contributed by atoms with E-state index in [1.54, 1.807) is 6.08 Å². The van der Waals surface area contributed by atoms with Gasteiger partial charge in [-0.1, -0.05) is 45.9 Å². The number of rotatable bonds is 0. The number of fused-ring (bicyclic) bond motifs is 7. The molecule has 162 valence electrons. The van der Waals surface area contributed by atoms with Crippen molar-refractivity contribution in [1.82, 2.24) is 0 Å². The van der Waals surface area contributed by atoms with E-state index in [0.29, 0.717) is 47.0 Å². The number of carbonyl (C=O) groups excluding carboxylic acids is 1. The maximum Gasteiger partial charge on any atom is 0.178 e. The zero-order chi connectivity index (χ0) is 20.9. The Bertz CT molecular complexity index is 859. The van der Waals surface area contributed by atoms with Gasteiger partial charge < -0.3 is 9.47 Å². The van der Waals surface area contributed by atoms with Crippen molar-refractivity contribution in [2.45, 2.75) is 71.7 Å². The van der Waals surface area contributed by atoms with Gasteiger partial charge in [0.25, 0.3) is 0 Å². The van der Waals surface area contributed by atoms with Crippen LogP contribution < -0.4 is 0 Å². The van der Waals surface area contributed by atoms with Crippen molar-refractivity contribution in [2.75, 3.05) is 6.61 Å². The van der Waals surface area contributed by atoms with Crippen molar-refractivity contribution in [3.63, 3.8) is 0 Å². The van der Waals surface area contributed by atoms with Crippen LogP contribution >= 0.6 is 0 Å². The highest BCUT2D eigenvalue weighted by Gasteiger charge is 2.68. The highest BCUT2D eigenvalue weighted by atomic mass is 16.7. The van der Waals surface area contributed by atoms with Crippen molar-refractivity contribution in [1.29, 1.82) is 0 Å².